The van der Waals surface area contributed by atoms with E-state index in [0.717, 1.165) is 70.6 Å². The summed E-state index contributed by atoms with van der Waals surface area (Å²) in [6.07, 6.45) is 38.6. The molecule has 0 saturated carbocycles. The molecule has 0 aliphatic heterocycles. The zero-order chi connectivity index (χ0) is 41.9. The number of hydrogen-bond acceptors (Lipinski definition) is 10. The third-order valence-electron chi connectivity index (χ3n) is 9.96. The monoisotopic (exact) mass is 831 g/mol. The lowest BCUT2D eigenvalue weighted by Crippen LogP contribution is -2.39. The van der Waals surface area contributed by atoms with E-state index in [1.807, 2.05) is 0 Å². The zero-order valence-corrected chi connectivity index (χ0v) is 37.3. The summed E-state index contributed by atoms with van der Waals surface area (Å²) in [5.41, 5.74) is 0. The molecule has 11 nitrogen and oxygen atoms in total. The second-order valence-corrected chi connectivity index (χ2v) is 16.8. The third-order valence-corrected chi connectivity index (χ3v) is 11.0. The quantitative estimate of drug-likeness (QED) is 0.0308. The molecule has 0 fully saturated rings. The first-order valence-corrected chi connectivity index (χ1v) is 24.4. The molecule has 12 heteroatoms. The van der Waals surface area contributed by atoms with Crippen molar-refractivity contribution in [3.63, 3.8) is 0 Å². The number of carbonyl (C=O) groups excluding carboxylic acids is 2. The molecule has 0 aromatic carbocycles. The molecule has 0 aromatic heterocycles. The van der Waals surface area contributed by atoms with Crippen LogP contribution < -0.4 is 4.72 Å². The Kier molecular flexibility index (Phi) is 40.9. The van der Waals surface area contributed by atoms with E-state index in [0.29, 0.717) is 25.9 Å². The number of rotatable bonds is 44. The van der Waals surface area contributed by atoms with Gasteiger partial charge in [0.1, 0.15) is 13.2 Å². The van der Waals surface area contributed by atoms with Crippen LogP contribution in [0.15, 0.2) is 24.3 Å². The molecule has 3 N–H and O–H groups in total. The van der Waals surface area contributed by atoms with Gasteiger partial charge in [-0.05, 0) is 64.2 Å². The fraction of sp³-hybridized carbons (Fsp3) is 0.867. The summed E-state index contributed by atoms with van der Waals surface area (Å²) in [4.78, 5) is 26.9. The molecule has 0 aliphatic carbocycles. The number of nitrogens with one attached hydrogen (secondary N) is 1. The van der Waals surface area contributed by atoms with Gasteiger partial charge in [-0.25, -0.2) is 0 Å². The Balaban J connectivity index is 4.53. The summed E-state index contributed by atoms with van der Waals surface area (Å²) in [5.74, 6) is -0.900. The molecule has 0 spiro atoms. The van der Waals surface area contributed by atoms with Crippen molar-refractivity contribution in [2.24, 2.45) is 0 Å². The van der Waals surface area contributed by atoms with E-state index in [9.17, 15) is 28.2 Å². The minimum Gasteiger partial charge on any atom is -0.462 e. The Morgan fingerprint density at radius 1 is 0.561 bits per heavy atom. The summed E-state index contributed by atoms with van der Waals surface area (Å²) in [6, 6.07) is 0. The highest BCUT2D eigenvalue weighted by molar-refractivity contribution is 7.84. The van der Waals surface area contributed by atoms with Crippen molar-refractivity contribution in [1.29, 1.82) is 0 Å². The largest absolute Gasteiger partial charge is 0.462 e. The molecule has 0 aromatic rings. The fourth-order valence-electron chi connectivity index (χ4n) is 6.45. The van der Waals surface area contributed by atoms with Crippen molar-refractivity contribution < 1.29 is 41.9 Å². The van der Waals surface area contributed by atoms with Crippen LogP contribution in [0.3, 0.4) is 0 Å². The highest BCUT2D eigenvalue weighted by atomic mass is 32.2. The van der Waals surface area contributed by atoms with Gasteiger partial charge < -0.3 is 19.7 Å². The number of carbonyl (C=O) groups is 2. The number of aliphatic hydroxyl groups excluding tert-OH is 2. The summed E-state index contributed by atoms with van der Waals surface area (Å²) < 4.78 is 43.5. The summed E-state index contributed by atoms with van der Waals surface area (Å²) in [7, 11) is -4.20. The van der Waals surface area contributed by atoms with E-state index >= 15 is 0 Å². The van der Waals surface area contributed by atoms with Crippen molar-refractivity contribution in [3.8, 4) is 0 Å². The molecule has 57 heavy (non-hydrogen) atoms. The van der Waals surface area contributed by atoms with Gasteiger partial charge in [0.15, 0.2) is 6.10 Å². The summed E-state index contributed by atoms with van der Waals surface area (Å²) in [5, 5.41) is 18.4. The molecule has 1 unspecified atom stereocenters. The Labute approximate surface area is 349 Å². The Hall–Kier alpha value is -1.83. The van der Waals surface area contributed by atoms with Gasteiger partial charge in [-0.3, -0.25) is 18.7 Å². The number of nitrogens with zero attached hydrogens (tertiary/aromatic N) is 1. The van der Waals surface area contributed by atoms with Gasteiger partial charge in [0, 0.05) is 39.0 Å². The lowest BCUT2D eigenvalue weighted by molar-refractivity contribution is -0.161. The lowest BCUT2D eigenvalue weighted by atomic mass is 10.1. The van der Waals surface area contributed by atoms with Crippen LogP contribution >= 0.6 is 0 Å². The summed E-state index contributed by atoms with van der Waals surface area (Å²) in [6.45, 7) is 4.29. The first kappa shape index (κ1) is 55.2. The van der Waals surface area contributed by atoms with Gasteiger partial charge in [0.2, 0.25) is 0 Å². The number of aliphatic hydroxyl groups is 2. The second kappa shape index (κ2) is 42.3. The van der Waals surface area contributed by atoms with E-state index < -0.39 is 35.0 Å². The van der Waals surface area contributed by atoms with Crippen LogP contribution in [0.25, 0.3) is 0 Å². The van der Waals surface area contributed by atoms with Gasteiger partial charge in [-0.2, -0.15) is 13.1 Å². The van der Waals surface area contributed by atoms with Gasteiger partial charge >= 0.3 is 22.2 Å². The average Bonchev–Trinajstić information content (AvgIpc) is 3.19. The Bertz CT molecular complexity index is 1070. The maximum absolute atomic E-state index is 12.7. The van der Waals surface area contributed by atoms with E-state index in [1.165, 1.54) is 83.5 Å². The number of unbranched alkanes of at least 4 members (excludes halogenated alkanes) is 22. The van der Waals surface area contributed by atoms with E-state index in [4.69, 9.17) is 13.7 Å². The molecule has 0 heterocycles. The van der Waals surface area contributed by atoms with Gasteiger partial charge in [-0.1, -0.05) is 141 Å². The minimum atomic E-state index is -4.20. The van der Waals surface area contributed by atoms with Crippen LogP contribution in [0.1, 0.15) is 194 Å². The fourth-order valence-corrected chi connectivity index (χ4v) is 7.21. The topological polar surface area (TPSA) is 152 Å². The van der Waals surface area contributed by atoms with Gasteiger partial charge in [0.25, 0.3) is 0 Å². The highest BCUT2D eigenvalue weighted by Gasteiger charge is 2.21. The van der Waals surface area contributed by atoms with Gasteiger partial charge in [-0.15, -0.1) is 0 Å². The molecule has 1 atom stereocenters. The SMILES string of the molecule is CCCCCCCCC=CCCCCCCCC(=O)OCC(COS(=O)(=O)NCCN(CCO)CCO)OC(=O)CCCCCCCC=CCCCCCCCC. The highest BCUT2D eigenvalue weighted by Crippen LogP contribution is 2.13. The molecular formula is C45H86N2O9S. The third kappa shape index (κ3) is 40.7. The summed E-state index contributed by atoms with van der Waals surface area (Å²) >= 11 is 0. The average molecular weight is 831 g/mol. The Morgan fingerprint density at radius 2 is 0.965 bits per heavy atom. The molecule has 0 radical (unpaired) electrons. The minimum absolute atomic E-state index is 0.00674. The number of hydrogen-bond donors (Lipinski definition) is 3. The Morgan fingerprint density at radius 3 is 1.40 bits per heavy atom. The van der Waals surface area contributed by atoms with Crippen molar-refractivity contribution in [2.75, 3.05) is 52.6 Å². The number of allylic oxidation sites excluding steroid dienone is 4. The molecule has 0 bridgehead atoms. The molecule has 0 rings (SSSR count). The molecule has 0 amide bonds. The standard InChI is InChI=1S/C45H86N2O9S/c1-3-5-7-9-11-13-15-17-19-21-23-25-27-29-31-33-44(50)54-41-43(42-55-57(52,53)46-35-36-47(37-39-48)38-40-49)56-45(51)34-32-30-28-26-24-22-20-18-16-14-12-10-8-6-4-2/h17-20,43,46,48-49H,3-16,21-42H2,1-2H3. The van der Waals surface area contributed by atoms with Crippen molar-refractivity contribution in [2.45, 2.75) is 200 Å². The number of ether oxygens (including phenoxy) is 2. The van der Waals surface area contributed by atoms with Crippen LogP contribution in [0, 0.1) is 0 Å². The predicted molar refractivity (Wildman–Crippen MR) is 233 cm³/mol. The normalized spacial score (nSPS) is 12.6. The molecule has 0 aliphatic rings. The second-order valence-electron chi connectivity index (χ2n) is 15.4. The van der Waals surface area contributed by atoms with Gasteiger partial charge in [0.05, 0.1) is 13.2 Å². The van der Waals surface area contributed by atoms with Crippen LogP contribution in [0.2, 0.25) is 0 Å². The van der Waals surface area contributed by atoms with Crippen LogP contribution in [-0.2, 0) is 33.6 Å². The zero-order valence-electron chi connectivity index (χ0n) is 36.5. The lowest BCUT2D eigenvalue weighted by Gasteiger charge is -2.21. The van der Waals surface area contributed by atoms with Crippen molar-refractivity contribution >= 4 is 22.2 Å². The number of esters is 2. The smallest absolute Gasteiger partial charge is 0.336 e. The van der Waals surface area contributed by atoms with Crippen LogP contribution in [-0.4, -0.2) is 94.2 Å². The maximum Gasteiger partial charge on any atom is 0.336 e. The first-order valence-electron chi connectivity index (χ1n) is 23.0. The van der Waals surface area contributed by atoms with Crippen LogP contribution in [0.5, 0.6) is 0 Å². The van der Waals surface area contributed by atoms with E-state index in [-0.39, 0.29) is 45.8 Å². The molecule has 0 saturated heterocycles. The molecular weight excluding hydrogens is 745 g/mol. The first-order chi connectivity index (χ1) is 27.8. The van der Waals surface area contributed by atoms with E-state index in [1.54, 1.807) is 4.90 Å². The van der Waals surface area contributed by atoms with Crippen LogP contribution in [0.4, 0.5) is 0 Å². The maximum atomic E-state index is 12.7. The van der Waals surface area contributed by atoms with Crippen molar-refractivity contribution in [3.05, 3.63) is 24.3 Å². The van der Waals surface area contributed by atoms with E-state index in [2.05, 4.69) is 42.9 Å². The van der Waals surface area contributed by atoms with Crippen molar-refractivity contribution in [1.82, 2.24) is 9.62 Å². The predicted octanol–water partition coefficient (Wildman–Crippen LogP) is 9.65. The molecule has 336 valence electrons.